The third-order valence-electron chi connectivity index (χ3n) is 11.7. The van der Waals surface area contributed by atoms with E-state index in [1.807, 2.05) is 30.3 Å². The predicted octanol–water partition coefficient (Wildman–Crippen LogP) is 16.6. The minimum atomic E-state index is -0.407. The summed E-state index contributed by atoms with van der Waals surface area (Å²) < 4.78 is 44.3. The molecule has 0 unspecified atom stereocenters. The van der Waals surface area contributed by atoms with Gasteiger partial charge in [0.25, 0.3) is 0 Å². The highest BCUT2D eigenvalue weighted by Gasteiger charge is 2.18. The van der Waals surface area contributed by atoms with Gasteiger partial charge in [-0.05, 0) is 122 Å². The topological polar surface area (TPSA) is 8.17 Å². The number of rotatable bonds is 9. The molecule has 62 heavy (non-hydrogen) atoms. The molecule has 1 heterocycles. The SMILES string of the molecule is [2H]c1c([2H])c([2H])c(-c2ccc(N(c3ccc(-c4ccc(-c5ccccc5)cc4)cc3)c3cccc(-c4cccc(-c5cccc6c5c5ccccc5n6-c5ccccc5)c4)c3)cc2)c([2H])c1[2H]. The fourth-order valence-electron chi connectivity index (χ4n) is 8.71. The molecule has 0 aliphatic rings. The third kappa shape index (κ3) is 6.94. The first-order valence-electron chi connectivity index (χ1n) is 23.3. The van der Waals surface area contributed by atoms with Crippen LogP contribution in [0, 0.1) is 0 Å². The van der Waals surface area contributed by atoms with Gasteiger partial charge in [-0.2, -0.15) is 0 Å². The summed E-state index contributed by atoms with van der Waals surface area (Å²) in [5.41, 5.74) is 15.8. The van der Waals surface area contributed by atoms with Crippen LogP contribution in [0.3, 0.4) is 0 Å². The highest BCUT2D eigenvalue weighted by Crippen LogP contribution is 2.41. The van der Waals surface area contributed by atoms with Gasteiger partial charge >= 0.3 is 0 Å². The zero-order valence-corrected chi connectivity index (χ0v) is 33.8. The molecule has 1 aromatic heterocycles. The van der Waals surface area contributed by atoms with E-state index < -0.39 is 6.04 Å². The number of hydrogen-bond donors (Lipinski definition) is 0. The number of anilines is 3. The van der Waals surface area contributed by atoms with Crippen LogP contribution < -0.4 is 4.90 Å². The first kappa shape index (κ1) is 31.7. The summed E-state index contributed by atoms with van der Waals surface area (Å²) >= 11 is 0. The van der Waals surface area contributed by atoms with Crippen molar-refractivity contribution >= 4 is 38.9 Å². The zero-order chi connectivity index (χ0) is 45.6. The number of hydrogen-bond acceptors (Lipinski definition) is 1. The largest absolute Gasteiger partial charge is 0.310 e. The Hall–Kier alpha value is -8.20. The van der Waals surface area contributed by atoms with Crippen molar-refractivity contribution in [3.05, 3.63) is 255 Å². The molecular formula is C60H42N2. The summed E-state index contributed by atoms with van der Waals surface area (Å²) in [5.74, 6) is 0. The normalized spacial score (nSPS) is 12.4. The fraction of sp³-hybridized carbons (Fsp3) is 0. The number of para-hydroxylation sites is 2. The van der Waals surface area contributed by atoms with E-state index in [0.717, 1.165) is 72.7 Å². The molecule has 0 atom stereocenters. The van der Waals surface area contributed by atoms with Crippen LogP contribution >= 0.6 is 0 Å². The molecular weight excluding hydrogens is 749 g/mol. The van der Waals surface area contributed by atoms with Gasteiger partial charge in [0.1, 0.15) is 0 Å². The first-order valence-corrected chi connectivity index (χ1v) is 20.8. The first-order chi connectivity index (χ1) is 32.8. The van der Waals surface area contributed by atoms with Gasteiger partial charge in [-0.3, -0.25) is 0 Å². The summed E-state index contributed by atoms with van der Waals surface area (Å²) in [7, 11) is 0. The molecule has 0 N–H and O–H groups in total. The Labute approximate surface area is 369 Å². The summed E-state index contributed by atoms with van der Waals surface area (Å²) in [6.07, 6.45) is 0. The highest BCUT2D eigenvalue weighted by molar-refractivity contribution is 6.15. The lowest BCUT2D eigenvalue weighted by Crippen LogP contribution is -2.10. The van der Waals surface area contributed by atoms with Crippen molar-refractivity contribution < 1.29 is 6.85 Å². The Morgan fingerprint density at radius 1 is 0.323 bits per heavy atom. The van der Waals surface area contributed by atoms with Gasteiger partial charge < -0.3 is 9.47 Å². The van der Waals surface area contributed by atoms with E-state index in [-0.39, 0.29) is 29.7 Å². The van der Waals surface area contributed by atoms with Crippen molar-refractivity contribution in [1.29, 1.82) is 0 Å². The van der Waals surface area contributed by atoms with E-state index in [4.69, 9.17) is 6.85 Å². The Morgan fingerprint density at radius 3 is 1.48 bits per heavy atom. The Morgan fingerprint density at radius 2 is 0.806 bits per heavy atom. The molecule has 0 bridgehead atoms. The van der Waals surface area contributed by atoms with E-state index in [2.05, 4.69) is 204 Å². The number of benzene rings is 10. The Balaban J connectivity index is 0.993. The molecule has 0 aliphatic carbocycles. The second-order valence-electron chi connectivity index (χ2n) is 15.4. The second-order valence-corrected chi connectivity index (χ2v) is 15.4. The average molecular weight is 796 g/mol. The standard InChI is InChI=1S/C60H42N2/c1-4-15-43(16-5-1)45-29-31-46(32-30-45)48-35-39-54(40-36-48)61(53-37-33-47(34-38-53)44-17-6-2-7-18-44)55-24-13-20-50(42-55)49-19-12-21-51(41-49)56-26-14-28-59-60(56)57-25-10-11-27-58(57)62(59)52-22-8-3-9-23-52/h1-42H/i2D,6D,7D,17D,18D. The summed E-state index contributed by atoms with van der Waals surface area (Å²) in [6, 6.07) is 76.6. The molecule has 2 nitrogen and oxygen atoms in total. The molecule has 11 rings (SSSR count). The van der Waals surface area contributed by atoms with Gasteiger partial charge in [0, 0.05) is 33.5 Å². The van der Waals surface area contributed by atoms with Gasteiger partial charge in [0.15, 0.2) is 0 Å². The maximum Gasteiger partial charge on any atom is 0.0629 e. The van der Waals surface area contributed by atoms with Crippen molar-refractivity contribution in [2.75, 3.05) is 4.90 Å². The highest BCUT2D eigenvalue weighted by atomic mass is 15.1. The quantitative estimate of drug-likeness (QED) is 0.141. The minimum absolute atomic E-state index is 0.175. The van der Waals surface area contributed by atoms with Crippen LogP contribution in [0.4, 0.5) is 17.1 Å². The van der Waals surface area contributed by atoms with E-state index in [1.165, 1.54) is 16.3 Å². The molecule has 0 saturated carbocycles. The zero-order valence-electron chi connectivity index (χ0n) is 38.8. The van der Waals surface area contributed by atoms with Gasteiger partial charge in [-0.1, -0.05) is 188 Å². The van der Waals surface area contributed by atoms with Gasteiger partial charge in [-0.15, -0.1) is 0 Å². The van der Waals surface area contributed by atoms with Crippen molar-refractivity contribution in [2.45, 2.75) is 0 Å². The fourth-order valence-corrected chi connectivity index (χ4v) is 8.71. The lowest BCUT2D eigenvalue weighted by atomic mass is 9.95. The monoisotopic (exact) mass is 795 g/mol. The molecule has 0 saturated heterocycles. The lowest BCUT2D eigenvalue weighted by Gasteiger charge is -2.26. The van der Waals surface area contributed by atoms with E-state index in [1.54, 1.807) is 0 Å². The van der Waals surface area contributed by atoms with Crippen LogP contribution in [0.1, 0.15) is 6.85 Å². The molecule has 2 heteroatoms. The number of aromatic nitrogens is 1. The summed E-state index contributed by atoms with van der Waals surface area (Å²) in [4.78, 5) is 2.19. The van der Waals surface area contributed by atoms with Gasteiger partial charge in [0.2, 0.25) is 0 Å². The molecule has 0 radical (unpaired) electrons. The number of nitrogens with zero attached hydrogens (tertiary/aromatic N) is 2. The maximum atomic E-state index is 8.63. The molecule has 0 amide bonds. The van der Waals surface area contributed by atoms with Crippen LogP contribution in [-0.4, -0.2) is 4.57 Å². The second kappa shape index (κ2) is 16.1. The van der Waals surface area contributed by atoms with Crippen LogP contribution in [0.25, 0.3) is 83.1 Å². The van der Waals surface area contributed by atoms with Crippen LogP contribution in [0.5, 0.6) is 0 Å². The minimum Gasteiger partial charge on any atom is -0.310 e. The molecule has 0 spiro atoms. The Kier molecular flexibility index (Phi) is 8.23. The van der Waals surface area contributed by atoms with Crippen molar-refractivity contribution in [3.63, 3.8) is 0 Å². The molecule has 0 aliphatic heterocycles. The van der Waals surface area contributed by atoms with Gasteiger partial charge in [-0.25, -0.2) is 0 Å². The Bertz CT molecular complexity index is 3580. The van der Waals surface area contributed by atoms with E-state index in [0.29, 0.717) is 5.56 Å². The van der Waals surface area contributed by atoms with Crippen LogP contribution in [0.2, 0.25) is 0 Å². The summed E-state index contributed by atoms with van der Waals surface area (Å²) in [5, 5.41) is 2.41. The van der Waals surface area contributed by atoms with E-state index in [9.17, 15) is 0 Å². The van der Waals surface area contributed by atoms with Crippen LogP contribution in [0.15, 0.2) is 255 Å². The van der Waals surface area contributed by atoms with Crippen molar-refractivity contribution in [3.8, 4) is 61.3 Å². The summed E-state index contributed by atoms with van der Waals surface area (Å²) in [6.45, 7) is 0. The third-order valence-corrected chi connectivity index (χ3v) is 11.7. The molecule has 292 valence electrons. The predicted molar refractivity (Wildman–Crippen MR) is 263 cm³/mol. The lowest BCUT2D eigenvalue weighted by molar-refractivity contribution is 1.18. The van der Waals surface area contributed by atoms with E-state index >= 15 is 0 Å². The van der Waals surface area contributed by atoms with Gasteiger partial charge in [0.05, 0.1) is 17.9 Å². The maximum absolute atomic E-state index is 8.63. The molecule has 10 aromatic carbocycles. The molecule has 0 fully saturated rings. The average Bonchev–Trinajstić information content (AvgIpc) is 3.74. The number of fused-ring (bicyclic) bond motifs is 3. The van der Waals surface area contributed by atoms with Crippen molar-refractivity contribution in [2.24, 2.45) is 0 Å². The smallest absolute Gasteiger partial charge is 0.0629 e. The van der Waals surface area contributed by atoms with Crippen LogP contribution in [-0.2, 0) is 0 Å². The van der Waals surface area contributed by atoms with Crippen molar-refractivity contribution in [1.82, 2.24) is 4.57 Å². The molecule has 11 aromatic rings.